The molecule has 2 aliphatic rings. The van der Waals surface area contributed by atoms with Crippen molar-refractivity contribution in [2.45, 2.75) is 26.2 Å². The highest BCUT2D eigenvalue weighted by molar-refractivity contribution is 4.89. The van der Waals surface area contributed by atoms with Crippen molar-refractivity contribution in [3.63, 3.8) is 0 Å². The highest BCUT2D eigenvalue weighted by Gasteiger charge is 2.36. The van der Waals surface area contributed by atoms with Crippen LogP contribution in [0.2, 0.25) is 0 Å². The number of aliphatic hydroxyl groups is 1. The van der Waals surface area contributed by atoms with Crippen molar-refractivity contribution in [1.82, 2.24) is 10.2 Å². The lowest BCUT2D eigenvalue weighted by atomic mass is 9.81. The fourth-order valence-electron chi connectivity index (χ4n) is 3.30. The third-order valence-electron chi connectivity index (χ3n) is 4.34. The minimum absolute atomic E-state index is 0.290. The molecule has 2 unspecified atom stereocenters. The Morgan fingerprint density at radius 1 is 1.50 bits per heavy atom. The molecule has 2 N–H and O–H groups in total. The number of aliphatic hydroxyl groups excluding tert-OH is 1. The topological polar surface area (TPSA) is 44.7 Å². The Hall–Kier alpha value is -0.160. The zero-order valence-corrected chi connectivity index (χ0v) is 11.7. The first kappa shape index (κ1) is 14.3. The summed E-state index contributed by atoms with van der Waals surface area (Å²) in [5.41, 5.74) is 0.290. The van der Waals surface area contributed by atoms with Crippen molar-refractivity contribution in [1.29, 1.82) is 0 Å². The summed E-state index contributed by atoms with van der Waals surface area (Å²) in [6, 6.07) is 0. The van der Waals surface area contributed by atoms with Gasteiger partial charge < -0.3 is 20.1 Å². The van der Waals surface area contributed by atoms with E-state index in [0.717, 1.165) is 52.4 Å². The fraction of sp³-hybridized carbons (Fsp3) is 1.00. The van der Waals surface area contributed by atoms with Crippen LogP contribution in [0.25, 0.3) is 0 Å². The lowest BCUT2D eigenvalue weighted by Crippen LogP contribution is -2.48. The third-order valence-corrected chi connectivity index (χ3v) is 4.34. The summed E-state index contributed by atoms with van der Waals surface area (Å²) in [6.07, 6.45) is 3.59. The SMILES string of the molecule is CCNCC1(CN2CCC(CO)C2)CCCOC1. The number of likely N-dealkylation sites (tertiary alicyclic amines) is 1. The predicted molar refractivity (Wildman–Crippen MR) is 72.7 cm³/mol. The Balaban J connectivity index is 1.88. The second-order valence-corrected chi connectivity index (χ2v) is 6.01. The van der Waals surface area contributed by atoms with Gasteiger partial charge in [0.2, 0.25) is 0 Å². The van der Waals surface area contributed by atoms with Gasteiger partial charge in [-0.25, -0.2) is 0 Å². The molecule has 18 heavy (non-hydrogen) atoms. The second-order valence-electron chi connectivity index (χ2n) is 6.01. The van der Waals surface area contributed by atoms with Gasteiger partial charge in [0, 0.05) is 38.3 Å². The van der Waals surface area contributed by atoms with Crippen LogP contribution >= 0.6 is 0 Å². The van der Waals surface area contributed by atoms with Crippen LogP contribution in [-0.2, 0) is 4.74 Å². The van der Waals surface area contributed by atoms with Crippen LogP contribution in [-0.4, -0.2) is 62.6 Å². The van der Waals surface area contributed by atoms with Gasteiger partial charge in [0.05, 0.1) is 6.61 Å². The average molecular weight is 256 g/mol. The number of hydrogen-bond donors (Lipinski definition) is 2. The van der Waals surface area contributed by atoms with E-state index in [1.807, 2.05) is 0 Å². The Morgan fingerprint density at radius 2 is 2.39 bits per heavy atom. The normalized spacial score (nSPS) is 34.0. The Kier molecular flexibility index (Phi) is 5.42. The summed E-state index contributed by atoms with van der Waals surface area (Å²) in [7, 11) is 0. The van der Waals surface area contributed by atoms with Crippen LogP contribution in [0.4, 0.5) is 0 Å². The lowest BCUT2D eigenvalue weighted by molar-refractivity contribution is -0.0235. The molecular weight excluding hydrogens is 228 g/mol. The third kappa shape index (κ3) is 3.67. The van der Waals surface area contributed by atoms with Gasteiger partial charge in [-0.3, -0.25) is 0 Å². The molecule has 0 spiro atoms. The van der Waals surface area contributed by atoms with Gasteiger partial charge in [-0.05, 0) is 38.3 Å². The van der Waals surface area contributed by atoms with Crippen molar-refractivity contribution < 1.29 is 9.84 Å². The minimum atomic E-state index is 0.290. The average Bonchev–Trinajstić information content (AvgIpc) is 2.85. The van der Waals surface area contributed by atoms with E-state index in [4.69, 9.17) is 4.74 Å². The molecule has 2 aliphatic heterocycles. The first-order valence-electron chi connectivity index (χ1n) is 7.40. The molecule has 4 nitrogen and oxygen atoms in total. The van der Waals surface area contributed by atoms with E-state index >= 15 is 0 Å². The van der Waals surface area contributed by atoms with Crippen molar-refractivity contribution >= 4 is 0 Å². The van der Waals surface area contributed by atoms with Gasteiger partial charge >= 0.3 is 0 Å². The summed E-state index contributed by atoms with van der Waals surface area (Å²) in [5.74, 6) is 0.491. The molecule has 4 heteroatoms. The van der Waals surface area contributed by atoms with E-state index in [2.05, 4.69) is 17.1 Å². The second kappa shape index (κ2) is 6.85. The highest BCUT2D eigenvalue weighted by Crippen LogP contribution is 2.31. The molecule has 2 rings (SSSR count). The Labute approximate surface area is 111 Å². The zero-order valence-electron chi connectivity index (χ0n) is 11.7. The van der Waals surface area contributed by atoms with Crippen molar-refractivity contribution in [2.24, 2.45) is 11.3 Å². The van der Waals surface area contributed by atoms with Crippen LogP contribution in [0.5, 0.6) is 0 Å². The molecule has 2 heterocycles. The van der Waals surface area contributed by atoms with E-state index in [1.54, 1.807) is 0 Å². The van der Waals surface area contributed by atoms with Crippen molar-refractivity contribution in [3.8, 4) is 0 Å². The predicted octanol–water partition coefficient (Wildman–Crippen LogP) is 0.707. The van der Waals surface area contributed by atoms with Crippen LogP contribution in [0, 0.1) is 11.3 Å². The molecule has 2 fully saturated rings. The number of ether oxygens (including phenoxy) is 1. The molecule has 0 aromatic carbocycles. The molecule has 0 aromatic heterocycles. The standard InChI is InChI=1S/C14H28N2O2/c1-2-15-10-14(5-3-7-18-12-14)11-16-6-4-13(8-16)9-17/h13,15,17H,2-12H2,1H3. The number of hydrogen-bond acceptors (Lipinski definition) is 4. The van der Waals surface area contributed by atoms with Crippen molar-refractivity contribution in [2.75, 3.05) is 52.5 Å². The van der Waals surface area contributed by atoms with Gasteiger partial charge in [0.15, 0.2) is 0 Å². The maximum absolute atomic E-state index is 9.23. The molecule has 0 radical (unpaired) electrons. The molecular formula is C14H28N2O2. The molecule has 0 saturated carbocycles. The summed E-state index contributed by atoms with van der Waals surface area (Å²) in [6.45, 7) is 9.72. The smallest absolute Gasteiger partial charge is 0.0546 e. The van der Waals surface area contributed by atoms with Gasteiger partial charge in [0.25, 0.3) is 0 Å². The first-order valence-corrected chi connectivity index (χ1v) is 7.40. The summed E-state index contributed by atoms with van der Waals surface area (Å²) in [4.78, 5) is 2.52. The Morgan fingerprint density at radius 3 is 3.00 bits per heavy atom. The van der Waals surface area contributed by atoms with E-state index in [9.17, 15) is 5.11 Å². The van der Waals surface area contributed by atoms with Crippen LogP contribution < -0.4 is 5.32 Å². The summed E-state index contributed by atoms with van der Waals surface area (Å²) in [5, 5.41) is 12.7. The van der Waals surface area contributed by atoms with Crippen LogP contribution in [0.15, 0.2) is 0 Å². The molecule has 2 atom stereocenters. The maximum Gasteiger partial charge on any atom is 0.0546 e. The fourth-order valence-corrected chi connectivity index (χ4v) is 3.30. The highest BCUT2D eigenvalue weighted by atomic mass is 16.5. The summed E-state index contributed by atoms with van der Waals surface area (Å²) >= 11 is 0. The molecule has 106 valence electrons. The van der Waals surface area contributed by atoms with E-state index in [1.165, 1.54) is 12.8 Å². The molecule has 0 aliphatic carbocycles. The summed E-state index contributed by atoms with van der Waals surface area (Å²) < 4.78 is 5.73. The first-order chi connectivity index (χ1) is 8.78. The molecule has 0 bridgehead atoms. The number of nitrogens with one attached hydrogen (secondary N) is 1. The van der Waals surface area contributed by atoms with Gasteiger partial charge in [-0.1, -0.05) is 6.92 Å². The van der Waals surface area contributed by atoms with Crippen LogP contribution in [0.3, 0.4) is 0 Å². The quantitative estimate of drug-likeness (QED) is 0.734. The van der Waals surface area contributed by atoms with Gasteiger partial charge in [0.1, 0.15) is 0 Å². The Bertz CT molecular complexity index is 242. The van der Waals surface area contributed by atoms with E-state index in [0.29, 0.717) is 17.9 Å². The van der Waals surface area contributed by atoms with E-state index < -0.39 is 0 Å². The zero-order chi connectivity index (χ0) is 12.8. The number of rotatable bonds is 6. The van der Waals surface area contributed by atoms with Crippen molar-refractivity contribution in [3.05, 3.63) is 0 Å². The minimum Gasteiger partial charge on any atom is -0.396 e. The van der Waals surface area contributed by atoms with Gasteiger partial charge in [-0.15, -0.1) is 0 Å². The molecule has 2 saturated heterocycles. The van der Waals surface area contributed by atoms with E-state index in [-0.39, 0.29) is 0 Å². The maximum atomic E-state index is 9.23. The lowest BCUT2D eigenvalue weighted by Gasteiger charge is -2.40. The van der Waals surface area contributed by atoms with Gasteiger partial charge in [-0.2, -0.15) is 0 Å². The number of nitrogens with zero attached hydrogens (tertiary/aromatic N) is 1. The molecule has 0 aromatic rings. The molecule has 0 amide bonds. The largest absolute Gasteiger partial charge is 0.396 e. The monoisotopic (exact) mass is 256 g/mol. The van der Waals surface area contributed by atoms with Crippen LogP contribution in [0.1, 0.15) is 26.2 Å².